The fraction of sp³-hybridized carbons (Fsp3) is 0.0769. The minimum absolute atomic E-state index is 0.254. The molecule has 0 aliphatic heterocycles. The van der Waals surface area contributed by atoms with Gasteiger partial charge in [-0.3, -0.25) is 0 Å². The van der Waals surface area contributed by atoms with Crippen molar-refractivity contribution in [3.63, 3.8) is 0 Å². The average Bonchev–Trinajstić information content (AvgIpc) is 2.30. The van der Waals surface area contributed by atoms with Crippen molar-refractivity contribution in [1.29, 1.82) is 0 Å². The van der Waals surface area contributed by atoms with E-state index >= 15 is 0 Å². The van der Waals surface area contributed by atoms with Gasteiger partial charge in [0.1, 0.15) is 5.82 Å². The summed E-state index contributed by atoms with van der Waals surface area (Å²) in [6.45, 7) is 0. The first kappa shape index (κ1) is 12.5. The molecule has 0 radical (unpaired) electrons. The number of hydrogen-bond donors (Lipinski definition) is 1. The third kappa shape index (κ3) is 3.48. The van der Waals surface area contributed by atoms with Crippen LogP contribution in [0.1, 0.15) is 5.56 Å². The summed E-state index contributed by atoms with van der Waals surface area (Å²) in [7, 11) is 0. The van der Waals surface area contributed by atoms with Crippen LogP contribution >= 0.6 is 27.7 Å². The zero-order chi connectivity index (χ0) is 12.3. The van der Waals surface area contributed by atoms with E-state index in [2.05, 4.69) is 15.9 Å². The van der Waals surface area contributed by atoms with Crippen LogP contribution in [-0.2, 0) is 5.75 Å². The highest BCUT2D eigenvalue weighted by Crippen LogP contribution is 2.29. The molecule has 0 bridgehead atoms. The Kier molecular flexibility index (Phi) is 4.07. The zero-order valence-corrected chi connectivity index (χ0v) is 11.4. The maximum atomic E-state index is 13.1. The van der Waals surface area contributed by atoms with Gasteiger partial charge in [0.05, 0.1) is 0 Å². The first-order valence-corrected chi connectivity index (χ1v) is 6.85. The maximum Gasteiger partial charge on any atom is 0.124 e. The van der Waals surface area contributed by atoms with Crippen molar-refractivity contribution in [2.24, 2.45) is 0 Å². The molecule has 1 nitrogen and oxygen atoms in total. The molecule has 0 unspecified atom stereocenters. The van der Waals surface area contributed by atoms with Crippen molar-refractivity contribution in [3.8, 4) is 0 Å². The van der Waals surface area contributed by atoms with Crippen LogP contribution in [0.15, 0.2) is 51.8 Å². The predicted octanol–water partition coefficient (Wildman–Crippen LogP) is 4.46. The number of halogens is 2. The Labute approximate surface area is 112 Å². The molecule has 0 heterocycles. The average molecular weight is 312 g/mol. The number of thioether (sulfide) groups is 1. The third-order valence-corrected chi connectivity index (χ3v) is 3.89. The predicted molar refractivity (Wildman–Crippen MR) is 74.5 cm³/mol. The third-order valence-electron chi connectivity index (χ3n) is 2.26. The Morgan fingerprint density at radius 1 is 1.18 bits per heavy atom. The molecule has 0 spiro atoms. The number of anilines is 1. The highest BCUT2D eigenvalue weighted by molar-refractivity contribution is 9.10. The summed E-state index contributed by atoms with van der Waals surface area (Å²) < 4.78 is 14.1. The first-order chi connectivity index (χ1) is 8.15. The normalized spacial score (nSPS) is 10.5. The van der Waals surface area contributed by atoms with Gasteiger partial charge in [0, 0.05) is 20.8 Å². The molecule has 0 amide bonds. The molecule has 0 aliphatic rings. The molecule has 2 aromatic rings. The summed E-state index contributed by atoms with van der Waals surface area (Å²) in [6.07, 6.45) is 0. The summed E-state index contributed by atoms with van der Waals surface area (Å²) in [5.74, 6) is 0.517. The van der Waals surface area contributed by atoms with Crippen LogP contribution in [0.2, 0.25) is 0 Å². The Balaban J connectivity index is 2.09. The summed E-state index contributed by atoms with van der Waals surface area (Å²) in [5, 5.41) is 0. The molecule has 0 saturated heterocycles. The van der Waals surface area contributed by atoms with Crippen LogP contribution < -0.4 is 5.73 Å². The van der Waals surface area contributed by atoms with Crippen LogP contribution in [0.3, 0.4) is 0 Å². The number of hydrogen-bond acceptors (Lipinski definition) is 2. The lowest BCUT2D eigenvalue weighted by Crippen LogP contribution is -1.90. The van der Waals surface area contributed by atoms with Gasteiger partial charge >= 0.3 is 0 Å². The molecule has 88 valence electrons. The number of rotatable bonds is 3. The van der Waals surface area contributed by atoms with Crippen molar-refractivity contribution in [1.82, 2.24) is 0 Å². The van der Waals surface area contributed by atoms with Gasteiger partial charge in [-0.1, -0.05) is 28.1 Å². The van der Waals surface area contributed by atoms with Crippen molar-refractivity contribution < 1.29 is 4.39 Å². The maximum absolute atomic E-state index is 13.1. The van der Waals surface area contributed by atoms with Crippen LogP contribution in [0.25, 0.3) is 0 Å². The monoisotopic (exact) mass is 311 g/mol. The fourth-order valence-electron chi connectivity index (χ4n) is 1.42. The van der Waals surface area contributed by atoms with Crippen LogP contribution in [0.5, 0.6) is 0 Å². The first-order valence-electron chi connectivity index (χ1n) is 5.07. The van der Waals surface area contributed by atoms with Gasteiger partial charge in [-0.15, -0.1) is 11.8 Å². The van der Waals surface area contributed by atoms with Crippen molar-refractivity contribution in [3.05, 3.63) is 58.3 Å². The molecular weight excluding hydrogens is 301 g/mol. The van der Waals surface area contributed by atoms with E-state index in [1.54, 1.807) is 6.07 Å². The quantitative estimate of drug-likeness (QED) is 0.669. The second kappa shape index (κ2) is 5.56. The zero-order valence-electron chi connectivity index (χ0n) is 8.99. The SMILES string of the molecule is Nc1ccc(F)cc1SCc1cccc(Br)c1. The molecule has 0 atom stereocenters. The molecule has 0 aliphatic carbocycles. The van der Waals surface area contributed by atoms with Gasteiger partial charge in [0.2, 0.25) is 0 Å². The van der Waals surface area contributed by atoms with E-state index < -0.39 is 0 Å². The molecule has 2 rings (SSSR count). The van der Waals surface area contributed by atoms with E-state index in [1.807, 2.05) is 24.3 Å². The van der Waals surface area contributed by atoms with E-state index in [9.17, 15) is 4.39 Å². The van der Waals surface area contributed by atoms with Gasteiger partial charge in [-0.25, -0.2) is 4.39 Å². The van der Waals surface area contributed by atoms with E-state index in [4.69, 9.17) is 5.73 Å². The standard InChI is InChI=1S/C13H11BrFNS/c14-10-3-1-2-9(6-10)8-17-13-7-11(15)4-5-12(13)16/h1-7H,8,16H2. The van der Waals surface area contributed by atoms with E-state index in [0.717, 1.165) is 15.1 Å². The van der Waals surface area contributed by atoms with Crippen LogP contribution in [-0.4, -0.2) is 0 Å². The van der Waals surface area contributed by atoms with Gasteiger partial charge < -0.3 is 5.73 Å². The molecule has 0 aromatic heterocycles. The molecule has 4 heteroatoms. The molecule has 17 heavy (non-hydrogen) atoms. The molecular formula is C13H11BrFNS. The van der Waals surface area contributed by atoms with Gasteiger partial charge in [0.25, 0.3) is 0 Å². The van der Waals surface area contributed by atoms with Crippen LogP contribution in [0.4, 0.5) is 10.1 Å². The Morgan fingerprint density at radius 3 is 2.76 bits per heavy atom. The van der Waals surface area contributed by atoms with Gasteiger partial charge in [-0.05, 0) is 35.9 Å². The van der Waals surface area contributed by atoms with E-state index in [-0.39, 0.29) is 5.82 Å². The molecule has 2 aromatic carbocycles. The van der Waals surface area contributed by atoms with E-state index in [1.165, 1.54) is 29.5 Å². The van der Waals surface area contributed by atoms with Gasteiger partial charge in [-0.2, -0.15) is 0 Å². The highest BCUT2D eigenvalue weighted by Gasteiger charge is 2.03. The van der Waals surface area contributed by atoms with Crippen molar-refractivity contribution >= 4 is 33.4 Å². The lowest BCUT2D eigenvalue weighted by Gasteiger charge is -2.06. The van der Waals surface area contributed by atoms with Crippen molar-refractivity contribution in [2.75, 3.05) is 5.73 Å². The molecule has 2 N–H and O–H groups in total. The van der Waals surface area contributed by atoms with E-state index in [0.29, 0.717) is 5.69 Å². The largest absolute Gasteiger partial charge is 0.398 e. The smallest absolute Gasteiger partial charge is 0.124 e. The Hall–Kier alpha value is -1.00. The summed E-state index contributed by atoms with van der Waals surface area (Å²) >= 11 is 4.96. The van der Waals surface area contributed by atoms with Crippen molar-refractivity contribution in [2.45, 2.75) is 10.6 Å². The second-order valence-electron chi connectivity index (χ2n) is 3.60. The summed E-state index contributed by atoms with van der Waals surface area (Å²) in [5.41, 5.74) is 7.58. The lowest BCUT2D eigenvalue weighted by atomic mass is 10.2. The summed E-state index contributed by atoms with van der Waals surface area (Å²) in [4.78, 5) is 0.782. The highest BCUT2D eigenvalue weighted by atomic mass is 79.9. The molecule has 0 saturated carbocycles. The number of nitrogen functional groups attached to an aromatic ring is 1. The summed E-state index contributed by atoms with van der Waals surface area (Å²) in [6, 6.07) is 12.5. The Bertz CT molecular complexity index is 531. The van der Waals surface area contributed by atoms with Crippen LogP contribution in [0, 0.1) is 5.82 Å². The minimum atomic E-state index is -0.254. The minimum Gasteiger partial charge on any atom is -0.398 e. The lowest BCUT2D eigenvalue weighted by molar-refractivity contribution is 0.624. The number of nitrogens with two attached hydrogens (primary N) is 1. The Morgan fingerprint density at radius 2 is 2.00 bits per heavy atom. The fourth-order valence-corrected chi connectivity index (χ4v) is 2.80. The molecule has 0 fully saturated rings. The topological polar surface area (TPSA) is 26.0 Å². The van der Waals surface area contributed by atoms with Gasteiger partial charge in [0.15, 0.2) is 0 Å². The number of benzene rings is 2. The second-order valence-corrected chi connectivity index (χ2v) is 5.53.